The molecule has 1 saturated carbocycles. The van der Waals surface area contributed by atoms with Crippen LogP contribution in [0.4, 0.5) is 0 Å². The summed E-state index contributed by atoms with van der Waals surface area (Å²) >= 11 is 5.29. The van der Waals surface area contributed by atoms with E-state index in [9.17, 15) is 9.90 Å². The Morgan fingerprint density at radius 3 is 2.83 bits per heavy atom. The van der Waals surface area contributed by atoms with Crippen LogP contribution in [-0.2, 0) is 4.79 Å². The summed E-state index contributed by atoms with van der Waals surface area (Å²) < 4.78 is 1.08. The van der Waals surface area contributed by atoms with Gasteiger partial charge in [-0.05, 0) is 54.4 Å². The molecule has 0 aliphatic heterocycles. The Balaban J connectivity index is 2.06. The fraction of sp³-hybridized carbons (Fsp3) is 0.462. The molecule has 2 unspecified atom stereocenters. The molecule has 0 heterocycles. The first-order valence-electron chi connectivity index (χ1n) is 5.91. The minimum absolute atomic E-state index is 0.354. The molecule has 1 aromatic carbocycles. The van der Waals surface area contributed by atoms with Crippen LogP contribution in [0.25, 0.3) is 0 Å². The largest absolute Gasteiger partial charge is 0.480 e. The minimum atomic E-state index is -0.737. The lowest BCUT2D eigenvalue weighted by Gasteiger charge is -2.23. The van der Waals surface area contributed by atoms with Crippen molar-refractivity contribution in [2.24, 2.45) is 0 Å². The average molecular weight is 330 g/mol. The van der Waals surface area contributed by atoms with Crippen LogP contribution in [0.5, 0.6) is 0 Å². The van der Waals surface area contributed by atoms with Gasteiger partial charge < -0.3 is 10.4 Å². The summed E-state index contributed by atoms with van der Waals surface area (Å²) in [7, 11) is 1.74. The fourth-order valence-electron chi connectivity index (χ4n) is 2.35. The number of likely N-dealkylation sites (N-methyl/N-ethyl adjacent to an activating group) is 1. The molecule has 5 heteroatoms. The molecule has 1 aromatic rings. The second kappa shape index (κ2) is 5.63. The van der Waals surface area contributed by atoms with Gasteiger partial charge in [0.2, 0.25) is 0 Å². The Morgan fingerprint density at radius 1 is 1.56 bits per heavy atom. The van der Waals surface area contributed by atoms with Gasteiger partial charge >= 0.3 is 5.97 Å². The number of aliphatic carboxylic acids is 1. The Kier molecular flexibility index (Phi) is 4.35. The molecule has 0 saturated heterocycles. The summed E-state index contributed by atoms with van der Waals surface area (Å²) in [5.41, 5.74) is -0.737. The number of hydrogen-bond donors (Lipinski definition) is 2. The SMILES string of the molecule is CNC1(C(=O)O)CCC(Sc2ccccc2Br)C1. The zero-order chi connectivity index (χ0) is 13.2. The first kappa shape index (κ1) is 13.9. The molecule has 18 heavy (non-hydrogen) atoms. The third-order valence-electron chi connectivity index (χ3n) is 3.49. The first-order chi connectivity index (χ1) is 8.57. The van der Waals surface area contributed by atoms with Crippen molar-refractivity contribution in [1.82, 2.24) is 5.32 Å². The van der Waals surface area contributed by atoms with Gasteiger partial charge in [0.25, 0.3) is 0 Å². The van der Waals surface area contributed by atoms with Crippen LogP contribution in [0.2, 0.25) is 0 Å². The molecule has 0 bridgehead atoms. The number of halogens is 1. The lowest BCUT2D eigenvalue weighted by atomic mass is 9.99. The van der Waals surface area contributed by atoms with Crippen molar-refractivity contribution >= 4 is 33.7 Å². The third kappa shape index (κ3) is 2.73. The quantitative estimate of drug-likeness (QED) is 0.890. The number of hydrogen-bond acceptors (Lipinski definition) is 3. The first-order valence-corrected chi connectivity index (χ1v) is 7.58. The molecule has 0 amide bonds. The van der Waals surface area contributed by atoms with Gasteiger partial charge in [-0.1, -0.05) is 12.1 Å². The zero-order valence-corrected chi connectivity index (χ0v) is 12.6. The molecule has 98 valence electrons. The van der Waals surface area contributed by atoms with Crippen molar-refractivity contribution in [2.75, 3.05) is 7.05 Å². The van der Waals surface area contributed by atoms with E-state index in [4.69, 9.17) is 0 Å². The second-order valence-electron chi connectivity index (χ2n) is 4.55. The number of thioether (sulfide) groups is 1. The third-order valence-corrected chi connectivity index (χ3v) is 5.79. The highest BCUT2D eigenvalue weighted by Crippen LogP contribution is 2.42. The summed E-state index contributed by atoms with van der Waals surface area (Å²) in [6, 6.07) is 8.07. The lowest BCUT2D eigenvalue weighted by molar-refractivity contribution is -0.144. The van der Waals surface area contributed by atoms with Crippen LogP contribution in [0.15, 0.2) is 33.6 Å². The van der Waals surface area contributed by atoms with E-state index in [0.717, 1.165) is 10.9 Å². The molecule has 2 rings (SSSR count). The number of carbonyl (C=O) groups is 1. The number of carboxylic acids is 1. The topological polar surface area (TPSA) is 49.3 Å². The number of carboxylic acid groups (broad SMARTS) is 1. The zero-order valence-electron chi connectivity index (χ0n) is 10.1. The van der Waals surface area contributed by atoms with Crippen LogP contribution >= 0.6 is 27.7 Å². The van der Waals surface area contributed by atoms with Crippen LogP contribution in [-0.4, -0.2) is 28.9 Å². The lowest BCUT2D eigenvalue weighted by Crippen LogP contribution is -2.48. The van der Waals surface area contributed by atoms with Crippen LogP contribution in [0.1, 0.15) is 19.3 Å². The van der Waals surface area contributed by atoms with Gasteiger partial charge in [-0.3, -0.25) is 4.79 Å². The van der Waals surface area contributed by atoms with E-state index in [0.29, 0.717) is 18.1 Å². The van der Waals surface area contributed by atoms with Crippen LogP contribution < -0.4 is 5.32 Å². The molecule has 0 aromatic heterocycles. The van der Waals surface area contributed by atoms with Gasteiger partial charge in [-0.15, -0.1) is 11.8 Å². The Labute approximate surface area is 119 Å². The maximum atomic E-state index is 11.3. The molecule has 1 aliphatic rings. The van der Waals surface area contributed by atoms with E-state index in [1.807, 2.05) is 18.2 Å². The second-order valence-corrected chi connectivity index (χ2v) is 6.75. The van der Waals surface area contributed by atoms with E-state index in [-0.39, 0.29) is 0 Å². The molecular formula is C13H16BrNO2S. The van der Waals surface area contributed by atoms with Gasteiger partial charge in [-0.25, -0.2) is 0 Å². The predicted octanol–water partition coefficient (Wildman–Crippen LogP) is 3.14. The standard InChI is InChI=1S/C13H16BrNO2S/c1-15-13(12(16)17)7-6-9(8-13)18-11-5-3-2-4-10(11)14/h2-5,9,15H,6-8H2,1H3,(H,16,17). The number of nitrogens with one attached hydrogen (secondary N) is 1. The number of benzene rings is 1. The highest BCUT2D eigenvalue weighted by molar-refractivity contribution is 9.10. The van der Waals surface area contributed by atoms with Gasteiger partial charge in [0.15, 0.2) is 0 Å². The molecule has 0 spiro atoms. The van der Waals surface area contributed by atoms with Crippen molar-refractivity contribution in [3.05, 3.63) is 28.7 Å². The summed E-state index contributed by atoms with van der Waals surface area (Å²) in [6.45, 7) is 0. The maximum absolute atomic E-state index is 11.3. The van der Waals surface area contributed by atoms with E-state index < -0.39 is 11.5 Å². The average Bonchev–Trinajstić information content (AvgIpc) is 2.77. The van der Waals surface area contributed by atoms with Crippen molar-refractivity contribution in [3.63, 3.8) is 0 Å². The van der Waals surface area contributed by atoms with Crippen molar-refractivity contribution in [1.29, 1.82) is 0 Å². The molecule has 0 radical (unpaired) electrons. The van der Waals surface area contributed by atoms with Gasteiger partial charge in [0, 0.05) is 14.6 Å². The van der Waals surface area contributed by atoms with Gasteiger partial charge in [0.1, 0.15) is 5.54 Å². The molecule has 2 atom stereocenters. The highest BCUT2D eigenvalue weighted by atomic mass is 79.9. The van der Waals surface area contributed by atoms with Gasteiger partial charge in [-0.2, -0.15) is 0 Å². The molecule has 1 aliphatic carbocycles. The molecule has 2 N–H and O–H groups in total. The van der Waals surface area contributed by atoms with E-state index >= 15 is 0 Å². The summed E-state index contributed by atoms with van der Waals surface area (Å²) in [6.07, 6.45) is 2.30. The minimum Gasteiger partial charge on any atom is -0.480 e. The van der Waals surface area contributed by atoms with E-state index in [1.54, 1.807) is 18.8 Å². The van der Waals surface area contributed by atoms with Crippen molar-refractivity contribution in [3.8, 4) is 0 Å². The normalized spacial score (nSPS) is 27.3. The maximum Gasteiger partial charge on any atom is 0.323 e. The summed E-state index contributed by atoms with van der Waals surface area (Å²) in [5.74, 6) is -0.736. The van der Waals surface area contributed by atoms with Crippen LogP contribution in [0.3, 0.4) is 0 Å². The monoisotopic (exact) mass is 329 g/mol. The van der Waals surface area contributed by atoms with E-state index in [2.05, 4.69) is 27.3 Å². The Morgan fingerprint density at radius 2 is 2.28 bits per heavy atom. The van der Waals surface area contributed by atoms with Crippen LogP contribution in [0, 0.1) is 0 Å². The Hall–Kier alpha value is -0.520. The van der Waals surface area contributed by atoms with E-state index in [1.165, 1.54) is 4.90 Å². The Bertz CT molecular complexity index is 454. The summed E-state index contributed by atoms with van der Waals surface area (Å²) in [5, 5.41) is 12.7. The van der Waals surface area contributed by atoms with Crippen molar-refractivity contribution in [2.45, 2.75) is 34.9 Å². The molecule has 1 fully saturated rings. The predicted molar refractivity (Wildman–Crippen MR) is 77.1 cm³/mol. The molecular weight excluding hydrogens is 314 g/mol. The highest BCUT2D eigenvalue weighted by Gasteiger charge is 2.44. The van der Waals surface area contributed by atoms with Crippen molar-refractivity contribution < 1.29 is 9.90 Å². The van der Waals surface area contributed by atoms with Gasteiger partial charge in [0.05, 0.1) is 0 Å². The smallest absolute Gasteiger partial charge is 0.323 e. The molecule has 3 nitrogen and oxygen atoms in total. The summed E-state index contributed by atoms with van der Waals surface area (Å²) in [4.78, 5) is 12.5. The number of rotatable bonds is 4. The fourth-order valence-corrected chi connectivity index (χ4v) is 4.21.